The van der Waals surface area contributed by atoms with Crippen LogP contribution in [0, 0.1) is 17.2 Å². The van der Waals surface area contributed by atoms with Crippen molar-refractivity contribution in [3.63, 3.8) is 0 Å². The minimum absolute atomic E-state index is 0.0765. The highest BCUT2D eigenvalue weighted by Gasteiger charge is 2.17. The van der Waals surface area contributed by atoms with E-state index >= 15 is 0 Å². The number of esters is 1. The third-order valence-electron chi connectivity index (χ3n) is 3.43. The second kappa shape index (κ2) is 8.93. The molecule has 1 aliphatic rings. The molecule has 0 atom stereocenters. The van der Waals surface area contributed by atoms with Gasteiger partial charge in [-0.1, -0.05) is 6.42 Å². The first-order valence-corrected chi connectivity index (χ1v) is 7.04. The number of carbonyl (C=O) groups is 1. The number of hydrogen-bond acceptors (Lipinski definition) is 4. The lowest BCUT2D eigenvalue weighted by atomic mass is 9.98. The Bertz CT molecular complexity index is 278. The van der Waals surface area contributed by atoms with Crippen molar-refractivity contribution in [1.82, 2.24) is 4.90 Å². The van der Waals surface area contributed by atoms with Gasteiger partial charge in [0, 0.05) is 12.3 Å². The molecular formula is C14H24N2O2. The number of nitrogens with zero attached hydrogens (tertiary/aromatic N) is 2. The van der Waals surface area contributed by atoms with Crippen LogP contribution in [0.3, 0.4) is 0 Å². The summed E-state index contributed by atoms with van der Waals surface area (Å²) in [6.07, 6.45) is 5.71. The molecule has 0 aromatic heterocycles. The van der Waals surface area contributed by atoms with Gasteiger partial charge in [0.15, 0.2) is 0 Å². The van der Waals surface area contributed by atoms with Gasteiger partial charge in [-0.05, 0) is 52.2 Å². The van der Waals surface area contributed by atoms with Crippen LogP contribution in [-0.4, -0.2) is 37.1 Å². The monoisotopic (exact) mass is 252 g/mol. The van der Waals surface area contributed by atoms with Gasteiger partial charge in [0.05, 0.1) is 12.7 Å². The van der Waals surface area contributed by atoms with E-state index in [1.807, 2.05) is 6.92 Å². The van der Waals surface area contributed by atoms with Crippen LogP contribution in [-0.2, 0) is 9.53 Å². The van der Waals surface area contributed by atoms with E-state index in [1.54, 1.807) is 0 Å². The van der Waals surface area contributed by atoms with Gasteiger partial charge in [0.2, 0.25) is 0 Å². The number of unbranched alkanes of at least 4 members (excludes halogenated alkanes) is 2. The molecule has 0 saturated carbocycles. The summed E-state index contributed by atoms with van der Waals surface area (Å²) < 4.78 is 4.88. The fraction of sp³-hybridized carbons (Fsp3) is 0.857. The lowest BCUT2D eigenvalue weighted by Gasteiger charge is -2.28. The van der Waals surface area contributed by atoms with Crippen molar-refractivity contribution >= 4 is 5.97 Å². The zero-order valence-corrected chi connectivity index (χ0v) is 11.4. The zero-order chi connectivity index (χ0) is 13.2. The van der Waals surface area contributed by atoms with Crippen LogP contribution in [0.5, 0.6) is 0 Å². The van der Waals surface area contributed by atoms with Gasteiger partial charge in [0.25, 0.3) is 0 Å². The summed E-state index contributed by atoms with van der Waals surface area (Å²) in [5, 5.41) is 8.81. The van der Waals surface area contributed by atoms with E-state index in [2.05, 4.69) is 11.0 Å². The van der Waals surface area contributed by atoms with Crippen LogP contribution < -0.4 is 0 Å². The SMILES string of the molecule is CCOC(=O)CCCCCN1CCC(C#N)CC1. The Morgan fingerprint density at radius 2 is 2.06 bits per heavy atom. The Kier molecular flexibility index (Phi) is 7.43. The lowest BCUT2D eigenvalue weighted by molar-refractivity contribution is -0.143. The molecule has 1 fully saturated rings. The van der Waals surface area contributed by atoms with Crippen molar-refractivity contribution in [2.75, 3.05) is 26.2 Å². The molecule has 1 heterocycles. The molecule has 18 heavy (non-hydrogen) atoms. The van der Waals surface area contributed by atoms with E-state index in [0.717, 1.165) is 51.7 Å². The molecule has 0 radical (unpaired) electrons. The fourth-order valence-electron chi connectivity index (χ4n) is 2.30. The molecule has 0 aliphatic carbocycles. The Morgan fingerprint density at radius 1 is 1.33 bits per heavy atom. The van der Waals surface area contributed by atoms with E-state index in [9.17, 15) is 4.79 Å². The quantitative estimate of drug-likeness (QED) is 0.515. The van der Waals surface area contributed by atoms with Gasteiger partial charge >= 0.3 is 5.97 Å². The Hall–Kier alpha value is -1.08. The smallest absolute Gasteiger partial charge is 0.305 e. The maximum Gasteiger partial charge on any atom is 0.305 e. The summed E-state index contributed by atoms with van der Waals surface area (Å²) in [5.74, 6) is 0.192. The van der Waals surface area contributed by atoms with Crippen LogP contribution in [0.4, 0.5) is 0 Å². The maximum absolute atomic E-state index is 11.1. The molecule has 0 unspecified atom stereocenters. The third kappa shape index (κ3) is 6.02. The maximum atomic E-state index is 11.1. The second-order valence-corrected chi connectivity index (χ2v) is 4.86. The van der Waals surface area contributed by atoms with Gasteiger partial charge in [-0.3, -0.25) is 4.79 Å². The van der Waals surface area contributed by atoms with Crippen LogP contribution >= 0.6 is 0 Å². The Balaban J connectivity index is 1.96. The van der Waals surface area contributed by atoms with E-state index in [-0.39, 0.29) is 11.9 Å². The molecule has 0 aromatic carbocycles. The largest absolute Gasteiger partial charge is 0.466 e. The highest BCUT2D eigenvalue weighted by Crippen LogP contribution is 2.16. The lowest BCUT2D eigenvalue weighted by Crippen LogP contribution is -2.33. The zero-order valence-electron chi connectivity index (χ0n) is 11.4. The summed E-state index contributed by atoms with van der Waals surface area (Å²) in [7, 11) is 0. The van der Waals surface area contributed by atoms with Gasteiger partial charge in [-0.15, -0.1) is 0 Å². The number of hydrogen-bond donors (Lipinski definition) is 0. The van der Waals surface area contributed by atoms with E-state index < -0.39 is 0 Å². The number of likely N-dealkylation sites (tertiary alicyclic amines) is 1. The first kappa shape index (κ1) is 15.0. The predicted molar refractivity (Wildman–Crippen MR) is 69.9 cm³/mol. The van der Waals surface area contributed by atoms with Crippen molar-refractivity contribution in [1.29, 1.82) is 5.26 Å². The fourth-order valence-corrected chi connectivity index (χ4v) is 2.30. The molecule has 4 heteroatoms. The minimum Gasteiger partial charge on any atom is -0.466 e. The van der Waals surface area contributed by atoms with Gasteiger partial charge in [0.1, 0.15) is 0 Å². The Morgan fingerprint density at radius 3 is 2.67 bits per heavy atom. The number of carbonyl (C=O) groups excluding carboxylic acids is 1. The molecule has 102 valence electrons. The van der Waals surface area contributed by atoms with Crippen molar-refractivity contribution < 1.29 is 9.53 Å². The van der Waals surface area contributed by atoms with Crippen LogP contribution in [0.15, 0.2) is 0 Å². The molecule has 0 aromatic rings. The molecule has 0 amide bonds. The number of nitriles is 1. The third-order valence-corrected chi connectivity index (χ3v) is 3.43. The Labute approximate surface area is 110 Å². The standard InChI is InChI=1S/C14H24N2O2/c1-2-18-14(17)6-4-3-5-9-16-10-7-13(12-15)8-11-16/h13H,2-11H2,1H3. The first-order valence-electron chi connectivity index (χ1n) is 7.04. The summed E-state index contributed by atoms with van der Waals surface area (Å²) >= 11 is 0. The highest BCUT2D eigenvalue weighted by atomic mass is 16.5. The molecule has 0 N–H and O–H groups in total. The molecule has 0 spiro atoms. The average Bonchev–Trinajstić information content (AvgIpc) is 2.39. The molecular weight excluding hydrogens is 228 g/mol. The number of piperidine rings is 1. The summed E-state index contributed by atoms with van der Waals surface area (Å²) in [6.45, 7) is 5.52. The van der Waals surface area contributed by atoms with E-state index in [0.29, 0.717) is 13.0 Å². The van der Waals surface area contributed by atoms with Gasteiger partial charge in [-0.25, -0.2) is 0 Å². The van der Waals surface area contributed by atoms with Crippen molar-refractivity contribution in [3.05, 3.63) is 0 Å². The van der Waals surface area contributed by atoms with Gasteiger partial charge in [-0.2, -0.15) is 5.26 Å². The molecule has 1 rings (SSSR count). The van der Waals surface area contributed by atoms with Crippen molar-refractivity contribution in [2.45, 2.75) is 45.4 Å². The highest BCUT2D eigenvalue weighted by molar-refractivity contribution is 5.69. The summed E-state index contributed by atoms with van der Waals surface area (Å²) in [4.78, 5) is 13.5. The number of rotatable bonds is 7. The number of ether oxygens (including phenoxy) is 1. The molecule has 1 aliphatic heterocycles. The minimum atomic E-state index is -0.0765. The van der Waals surface area contributed by atoms with Crippen LogP contribution in [0.25, 0.3) is 0 Å². The van der Waals surface area contributed by atoms with Crippen molar-refractivity contribution in [2.24, 2.45) is 5.92 Å². The molecule has 1 saturated heterocycles. The van der Waals surface area contributed by atoms with Crippen LogP contribution in [0.1, 0.15) is 45.4 Å². The topological polar surface area (TPSA) is 53.3 Å². The predicted octanol–water partition coefficient (Wildman–Crippen LogP) is 2.35. The summed E-state index contributed by atoms with van der Waals surface area (Å²) in [6, 6.07) is 2.35. The van der Waals surface area contributed by atoms with E-state index in [4.69, 9.17) is 10.00 Å². The second-order valence-electron chi connectivity index (χ2n) is 4.86. The molecule has 0 bridgehead atoms. The summed E-state index contributed by atoms with van der Waals surface area (Å²) in [5.41, 5.74) is 0. The van der Waals surface area contributed by atoms with Gasteiger partial charge < -0.3 is 9.64 Å². The van der Waals surface area contributed by atoms with E-state index in [1.165, 1.54) is 0 Å². The van der Waals surface area contributed by atoms with Crippen LogP contribution in [0.2, 0.25) is 0 Å². The first-order chi connectivity index (χ1) is 8.76. The normalized spacial score (nSPS) is 17.3. The molecule has 4 nitrogen and oxygen atoms in total. The van der Waals surface area contributed by atoms with Crippen molar-refractivity contribution in [3.8, 4) is 6.07 Å². The average molecular weight is 252 g/mol.